The van der Waals surface area contributed by atoms with Crippen LogP contribution in [-0.4, -0.2) is 20.4 Å². The molecule has 0 aliphatic heterocycles. The molecule has 0 atom stereocenters. The number of fused-ring (bicyclic) bond motifs is 6. The second kappa shape index (κ2) is 17.0. The largest absolute Gasteiger partial charge is 0.506 e. The normalized spacial score (nSPS) is 13.7. The lowest BCUT2D eigenvalue weighted by Gasteiger charge is -2.34. The Balaban J connectivity index is 0.000000158. The van der Waals surface area contributed by atoms with Crippen LogP contribution in [-0.2, 0) is 10.8 Å². The van der Waals surface area contributed by atoms with Crippen LogP contribution in [0.4, 0.5) is 0 Å². The van der Waals surface area contributed by atoms with E-state index in [0.29, 0.717) is 35.8 Å². The van der Waals surface area contributed by atoms with Gasteiger partial charge in [-0.25, -0.2) is 0 Å². The molecule has 62 heavy (non-hydrogen) atoms. The van der Waals surface area contributed by atoms with Crippen molar-refractivity contribution in [1.82, 2.24) is 0 Å². The zero-order chi connectivity index (χ0) is 43.8. The lowest BCUT2D eigenvalue weighted by atomic mass is 9.67. The van der Waals surface area contributed by atoms with Crippen LogP contribution in [0.1, 0.15) is 44.5 Å². The lowest BCUT2D eigenvalue weighted by Crippen LogP contribution is -2.28. The molecule has 10 rings (SSSR count). The summed E-state index contributed by atoms with van der Waals surface area (Å²) in [4.78, 5) is 0. The second-order valence-electron chi connectivity index (χ2n) is 14.8. The molecule has 0 fully saturated rings. The number of halogens is 8. The van der Waals surface area contributed by atoms with Gasteiger partial charge < -0.3 is 20.4 Å². The topological polar surface area (TPSA) is 80.9 Å². The smallest absolute Gasteiger partial charge is 0.143 e. The standard InChI is InChI=1S/2C25H14Br4O2/c2*26-19-9-13(10-20(27)23(19)30)25(14-11-21(28)24(31)22(29)12-14)17-7-3-1-5-15(17)16-6-2-4-8-18(16)25/h2*1-12,30-31H. The molecule has 0 bridgehead atoms. The van der Waals surface area contributed by atoms with Crippen LogP contribution >= 0.6 is 127 Å². The summed E-state index contributed by atoms with van der Waals surface area (Å²) >= 11 is 28.2. The highest BCUT2D eigenvalue weighted by molar-refractivity contribution is 9.12. The van der Waals surface area contributed by atoms with Gasteiger partial charge in [0.2, 0.25) is 0 Å². The molecule has 0 amide bonds. The van der Waals surface area contributed by atoms with E-state index < -0.39 is 10.8 Å². The molecule has 0 heterocycles. The molecule has 8 aromatic carbocycles. The van der Waals surface area contributed by atoms with Crippen LogP contribution in [0.25, 0.3) is 22.3 Å². The van der Waals surface area contributed by atoms with Gasteiger partial charge in [0.1, 0.15) is 23.0 Å². The van der Waals surface area contributed by atoms with E-state index >= 15 is 0 Å². The number of aromatic hydroxyl groups is 4. The molecule has 4 N–H and O–H groups in total. The van der Waals surface area contributed by atoms with Gasteiger partial charge in [-0.05, 0) is 243 Å². The van der Waals surface area contributed by atoms with Crippen molar-refractivity contribution in [3.63, 3.8) is 0 Å². The SMILES string of the molecule is Oc1c(Br)cc(C2(c3cc(Br)c(O)c(Br)c3)c3ccccc3-c3ccccc32)cc1Br.Oc1c(Br)cc(C2(c3cc(Br)c(O)c(Br)c3)c3ccccc3-c3ccccc32)cc1Br. The van der Waals surface area contributed by atoms with Crippen molar-refractivity contribution in [2.24, 2.45) is 0 Å². The minimum Gasteiger partial charge on any atom is -0.506 e. The Kier molecular flexibility index (Phi) is 12.1. The summed E-state index contributed by atoms with van der Waals surface area (Å²) in [7, 11) is 0. The zero-order valence-electron chi connectivity index (χ0n) is 31.7. The van der Waals surface area contributed by atoms with Crippen molar-refractivity contribution in [3.8, 4) is 45.3 Å². The minimum atomic E-state index is -0.648. The average molecular weight is 1330 g/mol. The van der Waals surface area contributed by atoms with Crippen LogP contribution in [0.15, 0.2) is 181 Å². The highest BCUT2D eigenvalue weighted by Gasteiger charge is 2.48. The molecule has 8 aromatic rings. The van der Waals surface area contributed by atoms with Crippen molar-refractivity contribution >= 4 is 127 Å². The zero-order valence-corrected chi connectivity index (χ0v) is 44.4. The molecule has 0 unspecified atom stereocenters. The first-order valence-corrected chi connectivity index (χ1v) is 25.2. The fourth-order valence-electron chi connectivity index (χ4n) is 9.18. The van der Waals surface area contributed by atoms with Gasteiger partial charge in [0.15, 0.2) is 0 Å². The van der Waals surface area contributed by atoms with E-state index in [2.05, 4.69) is 225 Å². The van der Waals surface area contributed by atoms with E-state index in [1.54, 1.807) is 0 Å². The Hall–Kier alpha value is -3.20. The van der Waals surface area contributed by atoms with E-state index in [1.807, 2.05) is 48.5 Å². The molecule has 2 aliphatic carbocycles. The van der Waals surface area contributed by atoms with Crippen LogP contribution in [0.2, 0.25) is 0 Å². The number of benzene rings is 8. The number of hydrogen-bond donors (Lipinski definition) is 4. The summed E-state index contributed by atoms with van der Waals surface area (Å²) in [6.07, 6.45) is 0. The van der Waals surface area contributed by atoms with Crippen molar-refractivity contribution in [2.75, 3.05) is 0 Å². The first-order chi connectivity index (χ1) is 29.7. The molecule has 0 saturated heterocycles. The summed E-state index contributed by atoms with van der Waals surface area (Å²) in [5.74, 6) is 0.635. The molecule has 2 aliphatic rings. The first-order valence-electron chi connectivity index (χ1n) is 18.8. The number of phenolic OH excluding ortho intramolecular Hbond substituents is 4. The molecule has 4 nitrogen and oxygen atoms in total. The lowest BCUT2D eigenvalue weighted by molar-refractivity contribution is 0.466. The molecule has 0 saturated carbocycles. The van der Waals surface area contributed by atoms with Crippen LogP contribution < -0.4 is 0 Å². The fraction of sp³-hybridized carbons (Fsp3) is 0.0400. The molecule has 308 valence electrons. The van der Waals surface area contributed by atoms with Gasteiger partial charge in [0.25, 0.3) is 0 Å². The summed E-state index contributed by atoms with van der Waals surface area (Å²) in [6, 6.07) is 49.3. The van der Waals surface area contributed by atoms with Gasteiger partial charge in [0.05, 0.1) is 46.6 Å². The van der Waals surface area contributed by atoms with E-state index in [0.717, 1.165) is 44.5 Å². The number of phenols is 4. The van der Waals surface area contributed by atoms with Crippen molar-refractivity contribution in [1.29, 1.82) is 0 Å². The Morgan fingerprint density at radius 1 is 0.258 bits per heavy atom. The van der Waals surface area contributed by atoms with E-state index in [4.69, 9.17) is 0 Å². The van der Waals surface area contributed by atoms with Crippen molar-refractivity contribution in [3.05, 3.63) is 226 Å². The maximum absolute atomic E-state index is 10.4. The maximum Gasteiger partial charge on any atom is 0.143 e. The van der Waals surface area contributed by atoms with Crippen LogP contribution in [0.3, 0.4) is 0 Å². The van der Waals surface area contributed by atoms with Gasteiger partial charge in [-0.1, -0.05) is 97.1 Å². The second-order valence-corrected chi connectivity index (χ2v) is 21.7. The van der Waals surface area contributed by atoms with E-state index in [9.17, 15) is 20.4 Å². The van der Waals surface area contributed by atoms with Crippen molar-refractivity contribution < 1.29 is 20.4 Å². The molecule has 12 heteroatoms. The predicted molar refractivity (Wildman–Crippen MR) is 276 cm³/mol. The number of rotatable bonds is 4. The van der Waals surface area contributed by atoms with Gasteiger partial charge in [-0.2, -0.15) is 0 Å². The van der Waals surface area contributed by atoms with Gasteiger partial charge in [-0.15, -0.1) is 0 Å². The Morgan fingerprint density at radius 3 is 0.597 bits per heavy atom. The van der Waals surface area contributed by atoms with E-state index in [-0.39, 0.29) is 23.0 Å². The molecule has 0 aromatic heterocycles. The summed E-state index contributed by atoms with van der Waals surface area (Å²) in [5, 5.41) is 41.6. The molecule has 0 spiro atoms. The van der Waals surface area contributed by atoms with Crippen molar-refractivity contribution in [2.45, 2.75) is 10.8 Å². The third-order valence-corrected chi connectivity index (χ3v) is 16.5. The first kappa shape index (κ1) is 44.0. The average Bonchev–Trinajstić information content (AvgIpc) is 3.74. The van der Waals surface area contributed by atoms with Gasteiger partial charge >= 0.3 is 0 Å². The summed E-state index contributed by atoms with van der Waals surface area (Å²) < 4.78 is 4.85. The van der Waals surface area contributed by atoms with Gasteiger partial charge in [0, 0.05) is 0 Å². The Bertz CT molecular complexity index is 2630. The number of hydrogen-bond acceptors (Lipinski definition) is 4. The summed E-state index contributed by atoms with van der Waals surface area (Å²) in [6.45, 7) is 0. The summed E-state index contributed by atoms with van der Waals surface area (Å²) in [5.41, 5.74) is 11.9. The monoisotopic (exact) mass is 1320 g/mol. The highest BCUT2D eigenvalue weighted by Crippen LogP contribution is 2.60. The Labute approximate surface area is 425 Å². The molecular weight excluding hydrogens is 1300 g/mol. The van der Waals surface area contributed by atoms with Crippen LogP contribution in [0.5, 0.6) is 23.0 Å². The quantitative estimate of drug-likeness (QED) is 0.142. The fourth-order valence-corrected chi connectivity index (χ4v) is 13.9. The molecule has 0 radical (unpaired) electrons. The third kappa shape index (κ3) is 6.84. The maximum atomic E-state index is 10.4. The van der Waals surface area contributed by atoms with Crippen LogP contribution in [0, 0.1) is 0 Å². The third-order valence-electron chi connectivity index (χ3n) is 11.7. The minimum absolute atomic E-state index is 0.159. The van der Waals surface area contributed by atoms with E-state index in [1.165, 1.54) is 22.3 Å². The predicted octanol–water partition coefficient (Wildman–Crippen LogP) is 17.0. The van der Waals surface area contributed by atoms with Gasteiger partial charge in [-0.3, -0.25) is 0 Å². The highest BCUT2D eigenvalue weighted by atomic mass is 79.9. The molecular formula is C50H28Br8O4. The Morgan fingerprint density at radius 2 is 0.419 bits per heavy atom.